The van der Waals surface area contributed by atoms with Crippen LogP contribution < -0.4 is 21.7 Å². The Hall–Kier alpha value is -1.57. The van der Waals surface area contributed by atoms with Gasteiger partial charge in [0.25, 0.3) is 5.91 Å². The standard InChI is InChI=1S/C10H13BN2O4/c12-4-8-6-2-1-3-7(16-5-9(13)14)10(6)11(15)17-8/h1-3,8,15H,4-5,12H2,(H2,13,14). The third-order valence-electron chi connectivity index (χ3n) is 2.57. The molecule has 1 aliphatic heterocycles. The summed E-state index contributed by atoms with van der Waals surface area (Å²) in [7, 11) is -1.08. The number of benzene rings is 1. The second-order valence-corrected chi connectivity index (χ2v) is 3.73. The fourth-order valence-electron chi connectivity index (χ4n) is 1.86. The lowest BCUT2D eigenvalue weighted by Gasteiger charge is -2.10. The first-order chi connectivity index (χ1) is 8.13. The molecule has 1 atom stereocenters. The molecular weight excluding hydrogens is 223 g/mol. The average molecular weight is 236 g/mol. The van der Waals surface area contributed by atoms with Crippen LogP contribution in [0, 0.1) is 0 Å². The third-order valence-corrected chi connectivity index (χ3v) is 2.57. The van der Waals surface area contributed by atoms with E-state index in [1.54, 1.807) is 18.2 Å². The Labute approximate surface area is 98.6 Å². The lowest BCUT2D eigenvalue weighted by atomic mass is 9.78. The molecule has 1 amide bonds. The Morgan fingerprint density at radius 3 is 3.00 bits per heavy atom. The lowest BCUT2D eigenvalue weighted by molar-refractivity contribution is -0.119. The fourth-order valence-corrected chi connectivity index (χ4v) is 1.86. The van der Waals surface area contributed by atoms with Gasteiger partial charge in [-0.25, -0.2) is 0 Å². The highest BCUT2D eigenvalue weighted by atomic mass is 16.5. The average Bonchev–Trinajstić information content (AvgIpc) is 2.64. The molecule has 90 valence electrons. The summed E-state index contributed by atoms with van der Waals surface area (Å²) >= 11 is 0. The number of nitrogens with two attached hydrogens (primary N) is 2. The Bertz CT molecular complexity index is 440. The molecule has 17 heavy (non-hydrogen) atoms. The molecule has 6 nitrogen and oxygen atoms in total. The smallest absolute Gasteiger partial charge is 0.484 e. The van der Waals surface area contributed by atoms with Crippen LogP contribution in [0.4, 0.5) is 0 Å². The van der Waals surface area contributed by atoms with Gasteiger partial charge in [-0.3, -0.25) is 4.79 Å². The molecule has 1 unspecified atom stereocenters. The molecule has 0 fully saturated rings. The van der Waals surface area contributed by atoms with E-state index in [1.807, 2.05) is 0 Å². The first kappa shape index (κ1) is 11.9. The molecule has 0 bridgehead atoms. The van der Waals surface area contributed by atoms with Crippen molar-refractivity contribution >= 4 is 18.5 Å². The number of carbonyl (C=O) groups excluding carboxylic acids is 1. The fraction of sp³-hybridized carbons (Fsp3) is 0.300. The van der Waals surface area contributed by atoms with Gasteiger partial charge in [0.1, 0.15) is 5.75 Å². The summed E-state index contributed by atoms with van der Waals surface area (Å²) < 4.78 is 10.5. The maximum Gasteiger partial charge on any atom is 0.495 e. The highest BCUT2D eigenvalue weighted by Gasteiger charge is 2.37. The Morgan fingerprint density at radius 2 is 2.35 bits per heavy atom. The quantitative estimate of drug-likeness (QED) is 0.538. The third kappa shape index (κ3) is 2.26. The van der Waals surface area contributed by atoms with Gasteiger partial charge in [-0.15, -0.1) is 0 Å². The van der Waals surface area contributed by atoms with Crippen molar-refractivity contribution in [1.29, 1.82) is 0 Å². The normalized spacial score (nSPS) is 18.0. The number of primary amides is 1. The molecule has 0 radical (unpaired) electrons. The zero-order valence-electron chi connectivity index (χ0n) is 9.13. The van der Waals surface area contributed by atoms with Gasteiger partial charge in [0.15, 0.2) is 6.61 Å². The van der Waals surface area contributed by atoms with Crippen LogP contribution in [-0.4, -0.2) is 31.2 Å². The molecule has 0 spiro atoms. The van der Waals surface area contributed by atoms with Gasteiger partial charge in [0, 0.05) is 12.0 Å². The SMILES string of the molecule is NCC1OB(O)c2c(OCC(N)=O)cccc21. The molecule has 0 saturated carbocycles. The maximum atomic E-state index is 10.7. The molecule has 1 aliphatic rings. The number of ether oxygens (including phenoxy) is 1. The minimum Gasteiger partial charge on any atom is -0.484 e. The number of carbonyl (C=O) groups is 1. The maximum absolute atomic E-state index is 10.7. The van der Waals surface area contributed by atoms with Crippen LogP contribution in [-0.2, 0) is 9.45 Å². The van der Waals surface area contributed by atoms with Crippen molar-refractivity contribution in [2.75, 3.05) is 13.2 Å². The van der Waals surface area contributed by atoms with E-state index < -0.39 is 13.0 Å². The van der Waals surface area contributed by atoms with Gasteiger partial charge in [-0.1, -0.05) is 12.1 Å². The topological polar surface area (TPSA) is 108 Å². The van der Waals surface area contributed by atoms with E-state index in [0.717, 1.165) is 5.56 Å². The molecule has 0 saturated heterocycles. The van der Waals surface area contributed by atoms with E-state index in [0.29, 0.717) is 11.2 Å². The molecule has 1 aromatic carbocycles. The van der Waals surface area contributed by atoms with Crippen molar-refractivity contribution in [2.24, 2.45) is 11.5 Å². The number of hydrogen-bond acceptors (Lipinski definition) is 5. The van der Waals surface area contributed by atoms with Gasteiger partial charge in [-0.05, 0) is 11.6 Å². The van der Waals surface area contributed by atoms with Crippen molar-refractivity contribution in [2.45, 2.75) is 6.10 Å². The van der Waals surface area contributed by atoms with Crippen LogP contribution in [0.25, 0.3) is 0 Å². The number of fused-ring (bicyclic) bond motifs is 1. The van der Waals surface area contributed by atoms with Gasteiger partial charge < -0.3 is 25.9 Å². The zero-order valence-corrected chi connectivity index (χ0v) is 9.13. The molecule has 2 rings (SSSR count). The summed E-state index contributed by atoms with van der Waals surface area (Å²) in [6.07, 6.45) is -0.350. The highest BCUT2D eigenvalue weighted by Crippen LogP contribution is 2.26. The number of rotatable bonds is 4. The van der Waals surface area contributed by atoms with Crippen LogP contribution >= 0.6 is 0 Å². The summed E-state index contributed by atoms with van der Waals surface area (Å²) in [6.45, 7) is 0.0276. The van der Waals surface area contributed by atoms with Gasteiger partial charge >= 0.3 is 7.12 Å². The second kappa shape index (κ2) is 4.74. The Morgan fingerprint density at radius 1 is 1.59 bits per heavy atom. The number of amides is 1. The molecule has 5 N–H and O–H groups in total. The van der Waals surface area contributed by atoms with Gasteiger partial charge in [0.05, 0.1) is 6.10 Å². The van der Waals surface area contributed by atoms with E-state index in [-0.39, 0.29) is 19.3 Å². The van der Waals surface area contributed by atoms with E-state index in [4.69, 9.17) is 20.9 Å². The van der Waals surface area contributed by atoms with Crippen LogP contribution in [0.15, 0.2) is 18.2 Å². The monoisotopic (exact) mass is 236 g/mol. The summed E-state index contributed by atoms with van der Waals surface area (Å²) in [5.74, 6) is -0.184. The minimum absolute atomic E-state index is 0.240. The predicted octanol–water partition coefficient (Wildman–Crippen LogP) is -1.73. The van der Waals surface area contributed by atoms with Crippen molar-refractivity contribution in [3.05, 3.63) is 23.8 Å². The van der Waals surface area contributed by atoms with Crippen molar-refractivity contribution in [1.82, 2.24) is 0 Å². The Balaban J connectivity index is 2.30. The van der Waals surface area contributed by atoms with Crippen LogP contribution in [0.3, 0.4) is 0 Å². The van der Waals surface area contributed by atoms with E-state index in [9.17, 15) is 9.82 Å². The minimum atomic E-state index is -1.08. The van der Waals surface area contributed by atoms with Gasteiger partial charge in [-0.2, -0.15) is 0 Å². The number of hydrogen-bond donors (Lipinski definition) is 3. The predicted molar refractivity (Wildman–Crippen MR) is 61.6 cm³/mol. The van der Waals surface area contributed by atoms with Crippen molar-refractivity contribution in [3.63, 3.8) is 0 Å². The van der Waals surface area contributed by atoms with Gasteiger partial charge in [0.2, 0.25) is 0 Å². The molecule has 0 aliphatic carbocycles. The van der Waals surface area contributed by atoms with Crippen molar-refractivity contribution in [3.8, 4) is 5.75 Å². The highest BCUT2D eigenvalue weighted by molar-refractivity contribution is 6.62. The largest absolute Gasteiger partial charge is 0.495 e. The molecule has 1 heterocycles. The van der Waals surface area contributed by atoms with Crippen molar-refractivity contribution < 1.29 is 19.2 Å². The second-order valence-electron chi connectivity index (χ2n) is 3.73. The first-order valence-corrected chi connectivity index (χ1v) is 5.21. The zero-order chi connectivity index (χ0) is 12.4. The molecular formula is C10H13BN2O4. The van der Waals surface area contributed by atoms with E-state index in [2.05, 4.69) is 0 Å². The summed E-state index contributed by atoms with van der Waals surface area (Å²) in [5, 5.41) is 9.75. The molecule has 1 aromatic rings. The Kier molecular flexibility index (Phi) is 3.32. The van der Waals surface area contributed by atoms with E-state index >= 15 is 0 Å². The van der Waals surface area contributed by atoms with Crippen LogP contribution in [0.2, 0.25) is 0 Å². The molecule has 7 heteroatoms. The molecule has 0 aromatic heterocycles. The van der Waals surface area contributed by atoms with Crippen LogP contribution in [0.5, 0.6) is 5.75 Å². The summed E-state index contributed by atoms with van der Waals surface area (Å²) in [4.78, 5) is 10.7. The first-order valence-electron chi connectivity index (χ1n) is 5.21. The summed E-state index contributed by atoms with van der Waals surface area (Å²) in [5.41, 5.74) is 11.8. The van der Waals surface area contributed by atoms with Crippen LogP contribution in [0.1, 0.15) is 11.7 Å². The lowest BCUT2D eigenvalue weighted by Crippen LogP contribution is -2.31. The summed E-state index contributed by atoms with van der Waals surface area (Å²) in [6, 6.07) is 5.20. The van der Waals surface area contributed by atoms with E-state index in [1.165, 1.54) is 0 Å².